The van der Waals surface area contributed by atoms with Crippen molar-refractivity contribution in [1.82, 2.24) is 15.5 Å². The van der Waals surface area contributed by atoms with Crippen LogP contribution in [0.1, 0.15) is 47.9 Å². The Labute approximate surface area is 105 Å². The Kier molecular flexibility index (Phi) is 3.44. The molecule has 0 amide bonds. The summed E-state index contributed by atoms with van der Waals surface area (Å²) in [7, 11) is 0. The molecule has 17 heavy (non-hydrogen) atoms. The largest absolute Gasteiger partial charge is 0.455 e. The predicted molar refractivity (Wildman–Crippen MR) is 65.3 cm³/mol. The average Bonchev–Trinajstić information content (AvgIpc) is 2.86. The van der Waals surface area contributed by atoms with Gasteiger partial charge in [-0.25, -0.2) is 4.79 Å². The Morgan fingerprint density at radius 1 is 1.47 bits per heavy atom. The van der Waals surface area contributed by atoms with Crippen LogP contribution >= 0.6 is 11.3 Å². The molecule has 0 bridgehead atoms. The highest BCUT2D eigenvalue weighted by molar-refractivity contribution is 7.13. The van der Waals surface area contributed by atoms with Gasteiger partial charge in [0.1, 0.15) is 10.6 Å². The molecule has 1 aromatic rings. The molecule has 1 aliphatic heterocycles. The van der Waals surface area contributed by atoms with Crippen molar-refractivity contribution in [1.29, 1.82) is 0 Å². The predicted octanol–water partition coefficient (Wildman–Crippen LogP) is 1.57. The number of carbonyl (C=O) groups is 1. The van der Waals surface area contributed by atoms with Crippen molar-refractivity contribution in [3.05, 3.63) is 10.0 Å². The second kappa shape index (κ2) is 4.70. The summed E-state index contributed by atoms with van der Waals surface area (Å²) in [6.07, 6.45) is 1.06. The monoisotopic (exact) mass is 255 g/mol. The van der Waals surface area contributed by atoms with Gasteiger partial charge in [-0.15, -0.1) is 10.2 Å². The van der Waals surface area contributed by atoms with Crippen LogP contribution in [0.5, 0.6) is 0 Å². The number of hydrogen-bond donors (Lipinski definition) is 1. The third kappa shape index (κ3) is 3.23. The summed E-state index contributed by atoms with van der Waals surface area (Å²) in [6.45, 7) is 7.45. The highest BCUT2D eigenvalue weighted by atomic mass is 32.1. The molecular formula is C11H17N3O2S. The molecule has 1 aromatic heterocycles. The number of carbonyl (C=O) groups excluding carboxylic acids is 1. The van der Waals surface area contributed by atoms with E-state index in [0.29, 0.717) is 10.9 Å². The minimum absolute atomic E-state index is 0.349. The molecule has 0 aromatic carbocycles. The van der Waals surface area contributed by atoms with E-state index in [-0.39, 0.29) is 5.97 Å². The van der Waals surface area contributed by atoms with E-state index in [9.17, 15) is 4.79 Å². The van der Waals surface area contributed by atoms with E-state index in [2.05, 4.69) is 15.5 Å². The summed E-state index contributed by atoms with van der Waals surface area (Å²) in [5, 5.41) is 12.5. The molecule has 0 aliphatic carbocycles. The molecule has 0 saturated carbocycles. The standard InChI is InChI=1S/C11H17N3O2S/c1-11(2,3)16-10(15)9-14-13-8(17-9)7-4-5-12-6-7/h7,12H,4-6H2,1-3H3. The van der Waals surface area contributed by atoms with Gasteiger partial charge < -0.3 is 10.1 Å². The fourth-order valence-electron chi connectivity index (χ4n) is 1.67. The molecule has 2 heterocycles. The summed E-state index contributed by atoms with van der Waals surface area (Å²) in [4.78, 5) is 11.8. The summed E-state index contributed by atoms with van der Waals surface area (Å²) in [6, 6.07) is 0. The Bertz CT molecular complexity index is 405. The maximum absolute atomic E-state index is 11.8. The van der Waals surface area contributed by atoms with Crippen LogP contribution in [0.4, 0.5) is 0 Å². The maximum Gasteiger partial charge on any atom is 0.369 e. The second-order valence-electron chi connectivity index (χ2n) is 5.14. The van der Waals surface area contributed by atoms with Crippen LogP contribution in [0.2, 0.25) is 0 Å². The van der Waals surface area contributed by atoms with E-state index in [1.165, 1.54) is 11.3 Å². The van der Waals surface area contributed by atoms with Gasteiger partial charge in [0.15, 0.2) is 0 Å². The topological polar surface area (TPSA) is 64.1 Å². The zero-order chi connectivity index (χ0) is 12.5. The van der Waals surface area contributed by atoms with Crippen molar-refractivity contribution in [3.8, 4) is 0 Å². The van der Waals surface area contributed by atoms with Gasteiger partial charge >= 0.3 is 5.97 Å². The van der Waals surface area contributed by atoms with E-state index in [0.717, 1.165) is 24.5 Å². The first kappa shape index (κ1) is 12.4. The highest BCUT2D eigenvalue weighted by Crippen LogP contribution is 2.26. The SMILES string of the molecule is CC(C)(C)OC(=O)c1nnc(C2CCNC2)s1. The number of nitrogens with zero attached hydrogens (tertiary/aromatic N) is 2. The minimum Gasteiger partial charge on any atom is -0.455 e. The number of nitrogens with one attached hydrogen (secondary N) is 1. The molecule has 1 N–H and O–H groups in total. The van der Waals surface area contributed by atoms with Crippen LogP contribution in [0.25, 0.3) is 0 Å². The van der Waals surface area contributed by atoms with E-state index < -0.39 is 5.60 Å². The average molecular weight is 255 g/mol. The van der Waals surface area contributed by atoms with Gasteiger partial charge in [0.25, 0.3) is 0 Å². The number of ether oxygens (including phenoxy) is 1. The van der Waals surface area contributed by atoms with Crippen LogP contribution in [0.3, 0.4) is 0 Å². The first-order valence-corrected chi connectivity index (χ1v) is 6.55. The molecule has 1 fully saturated rings. The Balaban J connectivity index is 2.04. The smallest absolute Gasteiger partial charge is 0.369 e. The third-order valence-corrected chi connectivity index (χ3v) is 3.49. The summed E-state index contributed by atoms with van der Waals surface area (Å²) in [5.74, 6) is 0.0101. The lowest BCUT2D eigenvalue weighted by molar-refractivity contribution is 0.00683. The molecule has 0 radical (unpaired) electrons. The summed E-state index contributed by atoms with van der Waals surface area (Å²) >= 11 is 1.34. The number of esters is 1. The molecule has 1 atom stereocenters. The first-order valence-electron chi connectivity index (χ1n) is 5.73. The first-order chi connectivity index (χ1) is 7.96. The van der Waals surface area contributed by atoms with Crippen molar-refractivity contribution in [3.63, 3.8) is 0 Å². The second-order valence-corrected chi connectivity index (χ2v) is 6.15. The Morgan fingerprint density at radius 2 is 2.24 bits per heavy atom. The van der Waals surface area contributed by atoms with Crippen LogP contribution < -0.4 is 5.32 Å². The van der Waals surface area contributed by atoms with Gasteiger partial charge in [-0.05, 0) is 33.7 Å². The van der Waals surface area contributed by atoms with Crippen molar-refractivity contribution in [2.45, 2.75) is 38.7 Å². The van der Waals surface area contributed by atoms with Gasteiger partial charge in [0, 0.05) is 12.5 Å². The van der Waals surface area contributed by atoms with E-state index >= 15 is 0 Å². The highest BCUT2D eigenvalue weighted by Gasteiger charge is 2.25. The van der Waals surface area contributed by atoms with E-state index in [4.69, 9.17) is 4.74 Å². The van der Waals surface area contributed by atoms with E-state index in [1.54, 1.807) is 0 Å². The van der Waals surface area contributed by atoms with Crippen molar-refractivity contribution in [2.75, 3.05) is 13.1 Å². The Hall–Kier alpha value is -1.01. The lowest BCUT2D eigenvalue weighted by atomic mass is 10.1. The van der Waals surface area contributed by atoms with Crippen molar-refractivity contribution < 1.29 is 9.53 Å². The van der Waals surface area contributed by atoms with Crippen molar-refractivity contribution >= 4 is 17.3 Å². The van der Waals surface area contributed by atoms with Gasteiger partial charge in [-0.1, -0.05) is 11.3 Å². The van der Waals surface area contributed by atoms with Gasteiger partial charge in [-0.2, -0.15) is 0 Å². The zero-order valence-electron chi connectivity index (χ0n) is 10.3. The zero-order valence-corrected chi connectivity index (χ0v) is 11.1. The van der Waals surface area contributed by atoms with Crippen LogP contribution in [-0.2, 0) is 4.74 Å². The fourth-order valence-corrected chi connectivity index (χ4v) is 2.52. The maximum atomic E-state index is 11.8. The normalized spacial score (nSPS) is 20.5. The Morgan fingerprint density at radius 3 is 2.82 bits per heavy atom. The quantitative estimate of drug-likeness (QED) is 0.813. The van der Waals surface area contributed by atoms with Gasteiger partial charge in [0.05, 0.1) is 0 Å². The molecule has 6 heteroatoms. The summed E-state index contributed by atoms with van der Waals surface area (Å²) < 4.78 is 5.25. The lowest BCUT2D eigenvalue weighted by Crippen LogP contribution is -2.23. The fraction of sp³-hybridized carbons (Fsp3) is 0.727. The number of hydrogen-bond acceptors (Lipinski definition) is 6. The van der Waals surface area contributed by atoms with Gasteiger partial charge in [-0.3, -0.25) is 0 Å². The minimum atomic E-state index is -0.488. The molecule has 2 rings (SSSR count). The number of rotatable bonds is 2. The van der Waals surface area contributed by atoms with Crippen LogP contribution in [0.15, 0.2) is 0 Å². The molecule has 0 spiro atoms. The lowest BCUT2D eigenvalue weighted by Gasteiger charge is -2.18. The van der Waals surface area contributed by atoms with Crippen LogP contribution in [0, 0.1) is 0 Å². The third-order valence-electron chi connectivity index (χ3n) is 2.42. The molecule has 1 saturated heterocycles. The number of aromatic nitrogens is 2. The molecular weight excluding hydrogens is 238 g/mol. The van der Waals surface area contributed by atoms with E-state index in [1.807, 2.05) is 20.8 Å². The molecule has 1 unspecified atom stereocenters. The van der Waals surface area contributed by atoms with Crippen molar-refractivity contribution in [2.24, 2.45) is 0 Å². The molecule has 94 valence electrons. The molecule has 1 aliphatic rings. The van der Waals surface area contributed by atoms with Gasteiger partial charge in [0.2, 0.25) is 5.01 Å². The van der Waals surface area contributed by atoms with Crippen LogP contribution in [-0.4, -0.2) is 34.9 Å². The molecule has 5 nitrogen and oxygen atoms in total. The summed E-state index contributed by atoms with van der Waals surface area (Å²) in [5.41, 5.74) is -0.488.